The number of piperidine rings is 2. The molecule has 3 saturated heterocycles. The van der Waals surface area contributed by atoms with E-state index in [1.165, 1.54) is 57.4 Å². The van der Waals surface area contributed by atoms with E-state index in [0.717, 1.165) is 67.4 Å². The first-order valence-electron chi connectivity index (χ1n) is 16.4. The van der Waals surface area contributed by atoms with E-state index in [9.17, 15) is 12.8 Å². The van der Waals surface area contributed by atoms with Crippen molar-refractivity contribution >= 4 is 38.2 Å². The van der Waals surface area contributed by atoms with Crippen LogP contribution >= 0.6 is 11.8 Å². The average molecular weight is 656 g/mol. The van der Waals surface area contributed by atoms with Crippen molar-refractivity contribution in [1.29, 1.82) is 0 Å². The summed E-state index contributed by atoms with van der Waals surface area (Å²) >= 11 is 1.62. The Hall–Kier alpha value is -2.44. The van der Waals surface area contributed by atoms with Gasteiger partial charge in [0.05, 0.1) is 22.7 Å². The number of rotatable bonds is 9. The molecule has 0 bridgehead atoms. The molecular formula is C34H46FN5O3S2. The normalized spacial score (nSPS) is 20.2. The van der Waals surface area contributed by atoms with Gasteiger partial charge in [0.2, 0.25) is 9.84 Å². The zero-order valence-corrected chi connectivity index (χ0v) is 28.4. The Morgan fingerprint density at radius 3 is 2.18 bits per heavy atom. The first-order chi connectivity index (χ1) is 21.8. The van der Waals surface area contributed by atoms with Crippen LogP contribution in [-0.4, -0.2) is 112 Å². The average Bonchev–Trinajstić information content (AvgIpc) is 3.08. The molecular weight excluding hydrogens is 610 g/mol. The van der Waals surface area contributed by atoms with Crippen molar-refractivity contribution in [3.05, 3.63) is 48.4 Å². The van der Waals surface area contributed by atoms with Crippen molar-refractivity contribution in [1.82, 2.24) is 19.7 Å². The second-order valence-corrected chi connectivity index (χ2v) is 15.1. The molecule has 11 heteroatoms. The second kappa shape index (κ2) is 14.1. The Bertz CT molecular complexity index is 1580. The third kappa shape index (κ3) is 6.83. The van der Waals surface area contributed by atoms with E-state index in [4.69, 9.17) is 4.74 Å². The van der Waals surface area contributed by atoms with Crippen LogP contribution in [0.5, 0.6) is 5.75 Å². The van der Waals surface area contributed by atoms with Gasteiger partial charge >= 0.3 is 0 Å². The SMILES string of the molecule is CCOc1ccc(S(=O)(=O)c2cnc3ccc(SC)cc3c2N2CCC(N3CCC(N4CCN(CC)CC4)CC3)CC2)cc1F. The number of piperazine rings is 1. The van der Waals surface area contributed by atoms with Crippen LogP contribution in [0.4, 0.5) is 10.1 Å². The molecule has 4 heterocycles. The first-order valence-corrected chi connectivity index (χ1v) is 19.1. The number of thioether (sulfide) groups is 1. The summed E-state index contributed by atoms with van der Waals surface area (Å²) in [5.74, 6) is -0.645. The van der Waals surface area contributed by atoms with Gasteiger partial charge in [-0.1, -0.05) is 6.92 Å². The van der Waals surface area contributed by atoms with Gasteiger partial charge in [0.25, 0.3) is 0 Å². The standard InChI is InChI=1S/C34H46FN5O3S2/c1-4-37-18-20-39(21-19-37)26-10-14-38(15-11-26)25-12-16-40(17-13-25)34-29-22-27(44-3)6-8-31(29)36-24-33(34)45(41,42)28-7-9-32(43-5-2)30(35)23-28/h6-9,22-26H,4-5,10-21H2,1-3H3. The van der Waals surface area contributed by atoms with Crippen LogP contribution < -0.4 is 9.64 Å². The van der Waals surface area contributed by atoms with Crippen LogP contribution in [0, 0.1) is 5.82 Å². The number of anilines is 1. The third-order valence-corrected chi connectivity index (χ3v) is 12.5. The fourth-order valence-electron chi connectivity index (χ4n) is 7.35. The minimum atomic E-state index is -4.06. The van der Waals surface area contributed by atoms with E-state index in [-0.39, 0.29) is 15.5 Å². The lowest BCUT2D eigenvalue weighted by molar-refractivity contribution is 0.0449. The Kier molecular flexibility index (Phi) is 10.2. The van der Waals surface area contributed by atoms with Gasteiger partial charge in [-0.05, 0) is 94.9 Å². The van der Waals surface area contributed by atoms with Crippen LogP contribution in [0.3, 0.4) is 0 Å². The smallest absolute Gasteiger partial charge is 0.210 e. The fraction of sp³-hybridized carbons (Fsp3) is 0.559. The van der Waals surface area contributed by atoms with Crippen molar-refractivity contribution in [3.63, 3.8) is 0 Å². The quantitative estimate of drug-likeness (QED) is 0.282. The van der Waals surface area contributed by atoms with Crippen molar-refractivity contribution in [3.8, 4) is 5.75 Å². The highest BCUT2D eigenvalue weighted by molar-refractivity contribution is 7.98. The van der Waals surface area contributed by atoms with E-state index in [1.807, 2.05) is 24.5 Å². The topological polar surface area (TPSA) is 69.2 Å². The number of pyridine rings is 1. The molecule has 1 aromatic heterocycles. The maximum atomic E-state index is 14.8. The predicted octanol–water partition coefficient (Wildman–Crippen LogP) is 5.40. The summed E-state index contributed by atoms with van der Waals surface area (Å²) in [5, 5.41) is 0.816. The largest absolute Gasteiger partial charge is 0.491 e. The van der Waals surface area contributed by atoms with E-state index in [1.54, 1.807) is 18.7 Å². The number of likely N-dealkylation sites (tertiary alicyclic amines) is 1. The van der Waals surface area contributed by atoms with Crippen molar-refractivity contribution in [2.75, 3.05) is 76.7 Å². The molecule has 8 nitrogen and oxygen atoms in total. The van der Waals surface area contributed by atoms with Crippen LogP contribution in [0.2, 0.25) is 0 Å². The van der Waals surface area contributed by atoms with Gasteiger partial charge < -0.3 is 19.4 Å². The minimum Gasteiger partial charge on any atom is -0.491 e. The molecule has 3 aliphatic rings. The predicted molar refractivity (Wildman–Crippen MR) is 180 cm³/mol. The maximum Gasteiger partial charge on any atom is 0.210 e. The molecule has 0 radical (unpaired) electrons. The lowest BCUT2D eigenvalue weighted by atomic mass is 9.96. The molecule has 0 atom stereocenters. The molecule has 6 rings (SSSR count). The number of ether oxygens (including phenoxy) is 1. The van der Waals surface area contributed by atoms with Crippen LogP contribution in [-0.2, 0) is 9.84 Å². The van der Waals surface area contributed by atoms with Gasteiger partial charge in [-0.25, -0.2) is 12.8 Å². The van der Waals surface area contributed by atoms with Crippen LogP contribution in [0.1, 0.15) is 39.5 Å². The van der Waals surface area contributed by atoms with E-state index in [0.29, 0.717) is 24.4 Å². The van der Waals surface area contributed by atoms with Gasteiger partial charge in [-0.3, -0.25) is 9.88 Å². The molecule has 0 N–H and O–H groups in total. The van der Waals surface area contributed by atoms with Crippen molar-refractivity contribution < 1.29 is 17.5 Å². The molecule has 0 saturated carbocycles. The summed E-state index contributed by atoms with van der Waals surface area (Å²) in [6, 6.07) is 11.1. The van der Waals surface area contributed by atoms with E-state index in [2.05, 4.69) is 31.5 Å². The molecule has 3 aromatic rings. The summed E-state index contributed by atoms with van der Waals surface area (Å²) in [6.07, 6.45) is 7.86. The van der Waals surface area contributed by atoms with Crippen molar-refractivity contribution in [2.45, 2.75) is 66.3 Å². The Morgan fingerprint density at radius 2 is 1.56 bits per heavy atom. The Labute approximate surface area is 271 Å². The van der Waals surface area contributed by atoms with Gasteiger partial charge in [-0.2, -0.15) is 0 Å². The highest BCUT2D eigenvalue weighted by Crippen LogP contribution is 2.39. The molecule has 0 unspecified atom stereocenters. The molecule has 244 valence electrons. The number of halogens is 1. The molecule has 3 aliphatic heterocycles. The van der Waals surface area contributed by atoms with Gasteiger partial charge in [0.1, 0.15) is 4.90 Å². The number of likely N-dealkylation sites (N-methyl/N-ethyl adjacent to an activating group) is 1. The molecule has 0 spiro atoms. The summed E-state index contributed by atoms with van der Waals surface area (Å²) in [4.78, 5) is 15.8. The second-order valence-electron chi connectivity index (χ2n) is 12.3. The zero-order valence-electron chi connectivity index (χ0n) is 26.8. The number of benzene rings is 2. The molecule has 45 heavy (non-hydrogen) atoms. The number of sulfone groups is 1. The minimum absolute atomic E-state index is 0.0445. The monoisotopic (exact) mass is 655 g/mol. The summed E-state index contributed by atoms with van der Waals surface area (Å²) in [7, 11) is -4.06. The molecule has 3 fully saturated rings. The number of aromatic nitrogens is 1. The highest BCUT2D eigenvalue weighted by atomic mass is 32.2. The number of fused-ring (bicyclic) bond motifs is 1. The third-order valence-electron chi connectivity index (χ3n) is 9.98. The molecule has 0 amide bonds. The summed E-state index contributed by atoms with van der Waals surface area (Å²) in [5.41, 5.74) is 1.43. The summed E-state index contributed by atoms with van der Waals surface area (Å²) in [6.45, 7) is 14.0. The Balaban J connectivity index is 1.21. The first kappa shape index (κ1) is 32.5. The van der Waals surface area contributed by atoms with Gasteiger partial charge in [0, 0.05) is 67.8 Å². The number of hydrogen-bond donors (Lipinski definition) is 0. The fourth-order valence-corrected chi connectivity index (χ4v) is 9.24. The Morgan fingerprint density at radius 1 is 0.889 bits per heavy atom. The highest BCUT2D eigenvalue weighted by Gasteiger charge is 2.34. The van der Waals surface area contributed by atoms with E-state index < -0.39 is 15.7 Å². The maximum absolute atomic E-state index is 14.8. The number of nitrogens with zero attached hydrogens (tertiary/aromatic N) is 5. The van der Waals surface area contributed by atoms with E-state index >= 15 is 0 Å². The van der Waals surface area contributed by atoms with Crippen LogP contribution in [0.25, 0.3) is 10.9 Å². The summed E-state index contributed by atoms with van der Waals surface area (Å²) < 4.78 is 48.4. The molecule has 2 aromatic carbocycles. The van der Waals surface area contributed by atoms with Crippen molar-refractivity contribution in [2.24, 2.45) is 0 Å². The number of hydrogen-bond acceptors (Lipinski definition) is 9. The van der Waals surface area contributed by atoms with Gasteiger partial charge in [-0.15, -0.1) is 11.8 Å². The lowest BCUT2D eigenvalue weighted by Gasteiger charge is -2.46. The molecule has 0 aliphatic carbocycles. The van der Waals surface area contributed by atoms with Crippen LogP contribution in [0.15, 0.2) is 57.3 Å². The van der Waals surface area contributed by atoms with Gasteiger partial charge in [0.15, 0.2) is 11.6 Å². The lowest BCUT2D eigenvalue weighted by Crippen LogP contribution is -2.55. The zero-order chi connectivity index (χ0) is 31.6.